The van der Waals surface area contributed by atoms with Gasteiger partial charge in [-0.3, -0.25) is 4.21 Å². The Labute approximate surface area is 65.7 Å². The van der Waals surface area contributed by atoms with E-state index in [0.29, 0.717) is 5.41 Å². The summed E-state index contributed by atoms with van der Waals surface area (Å²) in [6.45, 7) is 4.55. The molecule has 1 atom stereocenters. The lowest BCUT2D eigenvalue weighted by molar-refractivity contribution is 0.327. The van der Waals surface area contributed by atoms with Crippen molar-refractivity contribution in [1.82, 2.24) is 0 Å². The zero-order valence-corrected chi connectivity index (χ0v) is 7.67. The van der Waals surface area contributed by atoms with E-state index in [2.05, 4.69) is 13.8 Å². The van der Waals surface area contributed by atoms with E-state index in [9.17, 15) is 4.21 Å². The molecular weight excluding hydrogens is 144 g/mol. The van der Waals surface area contributed by atoms with E-state index in [1.807, 2.05) is 0 Å². The molecule has 10 heavy (non-hydrogen) atoms. The molecule has 1 fully saturated rings. The van der Waals surface area contributed by atoms with Gasteiger partial charge in [0.25, 0.3) is 0 Å². The van der Waals surface area contributed by atoms with Crippen LogP contribution in [0.15, 0.2) is 0 Å². The maximum absolute atomic E-state index is 11.1. The smallest absolute Gasteiger partial charge is 0.0239 e. The molecule has 0 bridgehead atoms. The summed E-state index contributed by atoms with van der Waals surface area (Å²) < 4.78 is 11.1. The van der Waals surface area contributed by atoms with E-state index in [1.165, 1.54) is 6.42 Å². The van der Waals surface area contributed by atoms with Crippen molar-refractivity contribution in [2.75, 3.05) is 11.5 Å². The van der Waals surface area contributed by atoms with Gasteiger partial charge in [-0.25, -0.2) is 0 Å². The first-order chi connectivity index (χ1) is 4.60. The van der Waals surface area contributed by atoms with E-state index < -0.39 is 10.8 Å². The van der Waals surface area contributed by atoms with Gasteiger partial charge in [-0.15, -0.1) is 0 Å². The quantitative estimate of drug-likeness (QED) is 0.529. The van der Waals surface area contributed by atoms with Crippen molar-refractivity contribution in [2.45, 2.75) is 33.1 Å². The fourth-order valence-electron chi connectivity index (χ4n) is 1.33. The van der Waals surface area contributed by atoms with Crippen molar-refractivity contribution in [1.29, 1.82) is 0 Å². The fourth-order valence-corrected chi connectivity index (χ4v) is 2.78. The largest absolute Gasteiger partial charge is 0.260 e. The number of hydrogen-bond acceptors (Lipinski definition) is 1. The zero-order chi connectivity index (χ0) is 7.61. The van der Waals surface area contributed by atoms with Crippen LogP contribution in [0, 0.1) is 5.41 Å². The lowest BCUT2D eigenvalue weighted by Crippen LogP contribution is -2.10. The van der Waals surface area contributed by atoms with Crippen LogP contribution < -0.4 is 0 Å². The maximum Gasteiger partial charge on any atom is 0.0239 e. The SMILES string of the molecule is CC1(C)CCCS(=O)CC1. The second kappa shape index (κ2) is 3.04. The highest BCUT2D eigenvalue weighted by Gasteiger charge is 2.21. The molecule has 1 nitrogen and oxygen atoms in total. The third kappa shape index (κ3) is 2.41. The summed E-state index contributed by atoms with van der Waals surface area (Å²) in [4.78, 5) is 0. The lowest BCUT2D eigenvalue weighted by atomic mass is 9.86. The Bertz CT molecular complexity index is 140. The molecule has 1 saturated heterocycles. The number of hydrogen-bond donors (Lipinski definition) is 0. The molecule has 0 radical (unpaired) electrons. The van der Waals surface area contributed by atoms with Crippen LogP contribution >= 0.6 is 0 Å². The molecule has 0 saturated carbocycles. The van der Waals surface area contributed by atoms with Crippen LogP contribution in [0.3, 0.4) is 0 Å². The van der Waals surface area contributed by atoms with Crippen LogP contribution in [0.4, 0.5) is 0 Å². The first-order valence-corrected chi connectivity index (χ1v) is 5.44. The highest BCUT2D eigenvalue weighted by Crippen LogP contribution is 2.29. The van der Waals surface area contributed by atoms with Gasteiger partial charge in [0, 0.05) is 22.3 Å². The fraction of sp³-hybridized carbons (Fsp3) is 1.00. The van der Waals surface area contributed by atoms with Crippen LogP contribution in [0.5, 0.6) is 0 Å². The van der Waals surface area contributed by atoms with E-state index in [0.717, 1.165) is 24.3 Å². The minimum absolute atomic E-state index is 0.451. The Morgan fingerprint density at radius 3 is 2.60 bits per heavy atom. The van der Waals surface area contributed by atoms with E-state index in [1.54, 1.807) is 0 Å². The van der Waals surface area contributed by atoms with Crippen LogP contribution in [-0.4, -0.2) is 15.7 Å². The summed E-state index contributed by atoms with van der Waals surface area (Å²) in [7, 11) is -0.504. The van der Waals surface area contributed by atoms with Gasteiger partial charge in [0.05, 0.1) is 0 Å². The van der Waals surface area contributed by atoms with E-state index in [4.69, 9.17) is 0 Å². The van der Waals surface area contributed by atoms with Crippen molar-refractivity contribution < 1.29 is 4.21 Å². The molecule has 0 aromatic rings. The molecule has 0 N–H and O–H groups in total. The van der Waals surface area contributed by atoms with Gasteiger partial charge < -0.3 is 0 Å². The van der Waals surface area contributed by atoms with Gasteiger partial charge in [0.1, 0.15) is 0 Å². The lowest BCUT2D eigenvalue weighted by Gasteiger charge is -2.20. The van der Waals surface area contributed by atoms with Crippen molar-refractivity contribution in [3.63, 3.8) is 0 Å². The van der Waals surface area contributed by atoms with Gasteiger partial charge in [-0.05, 0) is 24.7 Å². The van der Waals surface area contributed by atoms with E-state index in [-0.39, 0.29) is 0 Å². The molecule has 1 aliphatic rings. The Morgan fingerprint density at radius 1 is 1.20 bits per heavy atom. The highest BCUT2D eigenvalue weighted by atomic mass is 32.2. The predicted octanol–water partition coefficient (Wildman–Crippen LogP) is 1.95. The van der Waals surface area contributed by atoms with Crippen LogP contribution in [0.25, 0.3) is 0 Å². The van der Waals surface area contributed by atoms with Crippen molar-refractivity contribution in [3.8, 4) is 0 Å². The standard InChI is InChI=1S/C8H16OS/c1-8(2)4-3-6-10(9)7-5-8/h3-7H2,1-2H3. The summed E-state index contributed by atoms with van der Waals surface area (Å²) in [6.07, 6.45) is 3.54. The van der Waals surface area contributed by atoms with Gasteiger partial charge in [-0.2, -0.15) is 0 Å². The Kier molecular flexibility index (Phi) is 2.50. The third-order valence-electron chi connectivity index (χ3n) is 2.23. The molecule has 60 valence electrons. The van der Waals surface area contributed by atoms with Gasteiger partial charge >= 0.3 is 0 Å². The summed E-state index contributed by atoms with van der Waals surface area (Å²) >= 11 is 0. The van der Waals surface area contributed by atoms with Gasteiger partial charge in [0.15, 0.2) is 0 Å². The van der Waals surface area contributed by atoms with Crippen molar-refractivity contribution >= 4 is 10.8 Å². The molecule has 0 aromatic carbocycles. The van der Waals surface area contributed by atoms with Crippen LogP contribution in [0.1, 0.15) is 33.1 Å². The molecule has 1 heterocycles. The molecule has 0 aliphatic carbocycles. The molecular formula is C8H16OS. The Balaban J connectivity index is 2.48. The minimum atomic E-state index is -0.504. The highest BCUT2D eigenvalue weighted by molar-refractivity contribution is 7.84. The summed E-state index contributed by atoms with van der Waals surface area (Å²) in [5.41, 5.74) is 0.451. The molecule has 0 aromatic heterocycles. The number of rotatable bonds is 0. The normalized spacial score (nSPS) is 33.2. The Hall–Kier alpha value is 0.150. The average Bonchev–Trinajstić information content (AvgIpc) is 1.94. The van der Waals surface area contributed by atoms with Crippen LogP contribution in [-0.2, 0) is 10.8 Å². The van der Waals surface area contributed by atoms with Gasteiger partial charge in [0.2, 0.25) is 0 Å². The topological polar surface area (TPSA) is 17.1 Å². The summed E-state index contributed by atoms with van der Waals surface area (Å²) in [5, 5.41) is 0. The predicted molar refractivity (Wildman–Crippen MR) is 45.5 cm³/mol. The van der Waals surface area contributed by atoms with Gasteiger partial charge in [-0.1, -0.05) is 13.8 Å². The maximum atomic E-state index is 11.1. The average molecular weight is 160 g/mol. The summed E-state index contributed by atoms with van der Waals surface area (Å²) in [6, 6.07) is 0. The van der Waals surface area contributed by atoms with Crippen molar-refractivity contribution in [2.24, 2.45) is 5.41 Å². The first-order valence-electron chi connectivity index (χ1n) is 3.95. The van der Waals surface area contributed by atoms with Crippen molar-refractivity contribution in [3.05, 3.63) is 0 Å². The summed E-state index contributed by atoms with van der Waals surface area (Å²) in [5.74, 6) is 1.86. The first kappa shape index (κ1) is 8.25. The van der Waals surface area contributed by atoms with Crippen LogP contribution in [0.2, 0.25) is 0 Å². The Morgan fingerprint density at radius 2 is 1.90 bits per heavy atom. The zero-order valence-electron chi connectivity index (χ0n) is 6.85. The molecule has 0 spiro atoms. The molecule has 1 unspecified atom stereocenters. The van der Waals surface area contributed by atoms with E-state index >= 15 is 0 Å². The molecule has 1 rings (SSSR count). The molecule has 0 amide bonds. The monoisotopic (exact) mass is 160 g/mol. The third-order valence-corrected chi connectivity index (χ3v) is 3.64. The second-order valence-electron chi connectivity index (χ2n) is 3.87. The molecule has 1 aliphatic heterocycles. The second-order valence-corrected chi connectivity index (χ2v) is 5.56. The minimum Gasteiger partial charge on any atom is -0.260 e. The molecule has 2 heteroatoms.